The normalized spacial score (nSPS) is 12.1. The van der Waals surface area contributed by atoms with Gasteiger partial charge in [0.05, 0.1) is 6.61 Å². The first-order valence-corrected chi connectivity index (χ1v) is 7.94. The van der Waals surface area contributed by atoms with Crippen molar-refractivity contribution in [3.8, 4) is 5.75 Å². The van der Waals surface area contributed by atoms with E-state index in [0.29, 0.717) is 12.6 Å². The molecule has 0 aliphatic rings. The summed E-state index contributed by atoms with van der Waals surface area (Å²) in [5.41, 5.74) is 2.31. The van der Waals surface area contributed by atoms with E-state index in [4.69, 9.17) is 4.74 Å². The number of ether oxygens (including phenoxy) is 1. The van der Waals surface area contributed by atoms with E-state index in [1.165, 1.54) is 5.56 Å². The first kappa shape index (κ1) is 16.0. The van der Waals surface area contributed by atoms with Crippen LogP contribution in [0.1, 0.15) is 17.7 Å². The van der Waals surface area contributed by atoms with E-state index in [-0.39, 0.29) is 0 Å². The highest BCUT2D eigenvalue weighted by Gasteiger charge is 2.08. The van der Waals surface area contributed by atoms with Crippen LogP contribution in [0.3, 0.4) is 0 Å². The van der Waals surface area contributed by atoms with Crippen molar-refractivity contribution in [1.29, 1.82) is 0 Å². The van der Waals surface area contributed by atoms with Gasteiger partial charge < -0.3 is 10.1 Å². The second kappa shape index (κ2) is 8.15. The molecule has 1 heterocycles. The van der Waals surface area contributed by atoms with Crippen LogP contribution < -0.4 is 10.1 Å². The standard InChI is InChI=1S/C17H21BrN2O/c1-13-4-3-5-17(10-13)21-9-8-15(19-2)11-16-7-6-14(18)12-20-16/h3-7,10,12,15,19H,8-9,11H2,1-2H3. The molecule has 0 amide bonds. The summed E-state index contributed by atoms with van der Waals surface area (Å²) < 4.78 is 6.82. The van der Waals surface area contributed by atoms with Crippen molar-refractivity contribution in [2.45, 2.75) is 25.8 Å². The van der Waals surface area contributed by atoms with Gasteiger partial charge >= 0.3 is 0 Å². The number of hydrogen-bond acceptors (Lipinski definition) is 3. The molecule has 1 N–H and O–H groups in total. The molecule has 0 spiro atoms. The van der Waals surface area contributed by atoms with Gasteiger partial charge in [-0.25, -0.2) is 0 Å². The summed E-state index contributed by atoms with van der Waals surface area (Å²) in [4.78, 5) is 4.42. The van der Waals surface area contributed by atoms with Crippen molar-refractivity contribution in [3.05, 3.63) is 58.3 Å². The number of aryl methyl sites for hydroxylation is 1. The molecule has 2 rings (SSSR count). The van der Waals surface area contributed by atoms with Crippen molar-refractivity contribution in [2.75, 3.05) is 13.7 Å². The van der Waals surface area contributed by atoms with Gasteiger partial charge in [-0.1, -0.05) is 12.1 Å². The van der Waals surface area contributed by atoms with Crippen LogP contribution in [-0.2, 0) is 6.42 Å². The third-order valence-corrected chi connectivity index (χ3v) is 3.85. The number of aromatic nitrogens is 1. The molecule has 0 saturated heterocycles. The molecule has 0 bridgehead atoms. The Morgan fingerprint density at radius 2 is 2.14 bits per heavy atom. The molecule has 0 saturated carbocycles. The van der Waals surface area contributed by atoms with E-state index in [0.717, 1.165) is 28.8 Å². The molecule has 1 unspecified atom stereocenters. The Bertz CT molecular complexity index is 557. The van der Waals surface area contributed by atoms with Gasteiger partial charge in [0.15, 0.2) is 0 Å². The second-order valence-electron chi connectivity index (χ2n) is 5.11. The summed E-state index contributed by atoms with van der Waals surface area (Å²) in [5, 5.41) is 3.33. The lowest BCUT2D eigenvalue weighted by Crippen LogP contribution is -2.29. The van der Waals surface area contributed by atoms with Crippen molar-refractivity contribution in [2.24, 2.45) is 0 Å². The van der Waals surface area contributed by atoms with Crippen LogP contribution in [0.2, 0.25) is 0 Å². The summed E-state index contributed by atoms with van der Waals surface area (Å²) in [5.74, 6) is 0.937. The summed E-state index contributed by atoms with van der Waals surface area (Å²) in [6, 6.07) is 12.6. The summed E-state index contributed by atoms with van der Waals surface area (Å²) in [6.07, 6.45) is 3.69. The van der Waals surface area contributed by atoms with Crippen LogP contribution >= 0.6 is 15.9 Å². The van der Waals surface area contributed by atoms with Gasteiger partial charge in [-0.3, -0.25) is 4.98 Å². The number of benzene rings is 1. The first-order chi connectivity index (χ1) is 10.2. The van der Waals surface area contributed by atoms with Crippen molar-refractivity contribution >= 4 is 15.9 Å². The zero-order valence-electron chi connectivity index (χ0n) is 12.5. The number of rotatable bonds is 7. The first-order valence-electron chi connectivity index (χ1n) is 7.14. The van der Waals surface area contributed by atoms with E-state index in [9.17, 15) is 0 Å². The van der Waals surface area contributed by atoms with Crippen molar-refractivity contribution in [1.82, 2.24) is 10.3 Å². The Kier molecular flexibility index (Phi) is 6.21. The minimum absolute atomic E-state index is 0.364. The topological polar surface area (TPSA) is 34.1 Å². The fraction of sp³-hybridized carbons (Fsp3) is 0.353. The highest BCUT2D eigenvalue weighted by atomic mass is 79.9. The third-order valence-electron chi connectivity index (χ3n) is 3.38. The van der Waals surface area contributed by atoms with Gasteiger partial charge in [0, 0.05) is 28.8 Å². The maximum atomic E-state index is 5.81. The fourth-order valence-electron chi connectivity index (χ4n) is 2.15. The number of nitrogens with zero attached hydrogens (tertiary/aromatic N) is 1. The minimum atomic E-state index is 0.364. The molecule has 0 radical (unpaired) electrons. The van der Waals surface area contributed by atoms with Crippen LogP contribution in [0.5, 0.6) is 5.75 Å². The number of nitrogens with one attached hydrogen (secondary N) is 1. The molecule has 1 atom stereocenters. The van der Waals surface area contributed by atoms with E-state index in [1.807, 2.05) is 31.4 Å². The number of halogens is 1. The number of likely N-dealkylation sites (N-methyl/N-ethyl adjacent to an activating group) is 1. The molecule has 4 heteroatoms. The lowest BCUT2D eigenvalue weighted by molar-refractivity contribution is 0.288. The lowest BCUT2D eigenvalue weighted by atomic mass is 10.1. The summed E-state index contributed by atoms with van der Waals surface area (Å²) in [7, 11) is 1.98. The van der Waals surface area contributed by atoms with Gasteiger partial charge in [0.1, 0.15) is 5.75 Å². The predicted molar refractivity (Wildman–Crippen MR) is 89.8 cm³/mol. The highest BCUT2D eigenvalue weighted by Crippen LogP contribution is 2.14. The SMILES string of the molecule is CNC(CCOc1cccc(C)c1)Cc1ccc(Br)cn1. The Morgan fingerprint density at radius 1 is 1.29 bits per heavy atom. The average molecular weight is 349 g/mol. The Balaban J connectivity index is 1.81. The smallest absolute Gasteiger partial charge is 0.119 e. The van der Waals surface area contributed by atoms with E-state index >= 15 is 0 Å². The maximum absolute atomic E-state index is 5.81. The highest BCUT2D eigenvalue weighted by molar-refractivity contribution is 9.10. The van der Waals surface area contributed by atoms with Gasteiger partial charge in [-0.15, -0.1) is 0 Å². The molecule has 21 heavy (non-hydrogen) atoms. The number of hydrogen-bond donors (Lipinski definition) is 1. The molecule has 3 nitrogen and oxygen atoms in total. The van der Waals surface area contributed by atoms with E-state index in [2.05, 4.69) is 51.4 Å². The Morgan fingerprint density at radius 3 is 2.81 bits per heavy atom. The van der Waals surface area contributed by atoms with Crippen LogP contribution in [0, 0.1) is 6.92 Å². The van der Waals surface area contributed by atoms with Crippen LogP contribution in [0.25, 0.3) is 0 Å². The second-order valence-corrected chi connectivity index (χ2v) is 6.03. The zero-order valence-corrected chi connectivity index (χ0v) is 14.1. The van der Waals surface area contributed by atoms with E-state index in [1.54, 1.807) is 0 Å². The minimum Gasteiger partial charge on any atom is -0.494 e. The van der Waals surface area contributed by atoms with Crippen molar-refractivity contribution in [3.63, 3.8) is 0 Å². The number of pyridine rings is 1. The molecular weight excluding hydrogens is 328 g/mol. The van der Waals surface area contributed by atoms with Crippen LogP contribution in [-0.4, -0.2) is 24.7 Å². The molecule has 2 aromatic rings. The van der Waals surface area contributed by atoms with Crippen LogP contribution in [0.15, 0.2) is 47.1 Å². The maximum Gasteiger partial charge on any atom is 0.119 e. The predicted octanol–water partition coefficient (Wildman–Crippen LogP) is 3.75. The Hall–Kier alpha value is -1.39. The summed E-state index contributed by atoms with van der Waals surface area (Å²) >= 11 is 3.40. The summed E-state index contributed by atoms with van der Waals surface area (Å²) in [6.45, 7) is 2.77. The van der Waals surface area contributed by atoms with Gasteiger partial charge in [0.25, 0.3) is 0 Å². The molecule has 1 aromatic carbocycles. The molecule has 0 aliphatic heterocycles. The van der Waals surface area contributed by atoms with Gasteiger partial charge in [-0.05, 0) is 66.2 Å². The van der Waals surface area contributed by atoms with Gasteiger partial charge in [-0.2, -0.15) is 0 Å². The molecule has 0 aliphatic carbocycles. The average Bonchev–Trinajstić information content (AvgIpc) is 2.48. The van der Waals surface area contributed by atoms with Crippen LogP contribution in [0.4, 0.5) is 0 Å². The molecular formula is C17H21BrN2O. The zero-order chi connectivity index (χ0) is 15.1. The van der Waals surface area contributed by atoms with E-state index < -0.39 is 0 Å². The monoisotopic (exact) mass is 348 g/mol. The molecule has 112 valence electrons. The fourth-order valence-corrected chi connectivity index (χ4v) is 2.39. The Labute approximate surface area is 134 Å². The quantitative estimate of drug-likeness (QED) is 0.827. The molecule has 1 aromatic heterocycles. The van der Waals surface area contributed by atoms with Crippen molar-refractivity contribution < 1.29 is 4.74 Å². The lowest BCUT2D eigenvalue weighted by Gasteiger charge is -2.16. The van der Waals surface area contributed by atoms with Gasteiger partial charge in [0.2, 0.25) is 0 Å². The third kappa shape index (κ3) is 5.48. The largest absolute Gasteiger partial charge is 0.494 e. The molecule has 0 fully saturated rings.